The monoisotopic (exact) mass is 460 g/mol. The number of carbonyl (C=O) groups is 2. The second-order valence-corrected chi connectivity index (χ2v) is 8.73. The van der Waals surface area contributed by atoms with E-state index in [-0.39, 0.29) is 30.7 Å². The molecule has 0 aliphatic carbocycles. The van der Waals surface area contributed by atoms with E-state index >= 15 is 0 Å². The van der Waals surface area contributed by atoms with E-state index in [4.69, 9.17) is 11.6 Å². The van der Waals surface area contributed by atoms with Gasteiger partial charge < -0.3 is 10.2 Å². The van der Waals surface area contributed by atoms with Gasteiger partial charge in [0.15, 0.2) is 0 Å². The van der Waals surface area contributed by atoms with Gasteiger partial charge in [-0.3, -0.25) is 19.4 Å². The standard InChI is InChI=1S/C24H30ClFN4O2/c1-17-6-4-9-22(18(17)2)27-23(31)15-28(3)16-24(32)30-12-10-29(11-13-30)14-19-20(25)7-5-8-21(19)26/h4-9H,10-16H2,1-3H3,(H,27,31). The molecular formula is C24H30ClFN4O2. The molecular weight excluding hydrogens is 431 g/mol. The van der Waals surface area contributed by atoms with Crippen LogP contribution in [0.15, 0.2) is 36.4 Å². The van der Waals surface area contributed by atoms with Gasteiger partial charge in [0, 0.05) is 49.0 Å². The second-order valence-electron chi connectivity index (χ2n) is 8.33. The Morgan fingerprint density at radius 2 is 1.75 bits per heavy atom. The van der Waals surface area contributed by atoms with Crippen molar-refractivity contribution in [2.75, 3.05) is 51.6 Å². The molecule has 1 aliphatic heterocycles. The Kier molecular flexibility index (Phi) is 8.23. The lowest BCUT2D eigenvalue weighted by atomic mass is 10.1. The summed E-state index contributed by atoms with van der Waals surface area (Å²) in [6, 6.07) is 10.5. The topological polar surface area (TPSA) is 55.9 Å². The summed E-state index contributed by atoms with van der Waals surface area (Å²) >= 11 is 6.12. The van der Waals surface area contributed by atoms with E-state index in [2.05, 4.69) is 10.2 Å². The fourth-order valence-corrected chi connectivity index (χ4v) is 3.99. The van der Waals surface area contributed by atoms with Crippen molar-refractivity contribution in [2.24, 2.45) is 0 Å². The lowest BCUT2D eigenvalue weighted by Gasteiger charge is -2.35. The van der Waals surface area contributed by atoms with Gasteiger partial charge >= 0.3 is 0 Å². The van der Waals surface area contributed by atoms with Crippen LogP contribution in [-0.4, -0.2) is 72.8 Å². The van der Waals surface area contributed by atoms with Gasteiger partial charge in [0.25, 0.3) is 0 Å². The van der Waals surface area contributed by atoms with Crippen molar-refractivity contribution < 1.29 is 14.0 Å². The number of amides is 2. The first-order valence-electron chi connectivity index (χ1n) is 10.7. The Hall–Kier alpha value is -2.48. The van der Waals surface area contributed by atoms with E-state index in [9.17, 15) is 14.0 Å². The summed E-state index contributed by atoms with van der Waals surface area (Å²) in [5.74, 6) is -0.479. The highest BCUT2D eigenvalue weighted by Gasteiger charge is 2.23. The third kappa shape index (κ3) is 6.28. The van der Waals surface area contributed by atoms with Crippen molar-refractivity contribution in [3.63, 3.8) is 0 Å². The average molecular weight is 461 g/mol. The molecule has 0 radical (unpaired) electrons. The Balaban J connectivity index is 1.44. The maximum Gasteiger partial charge on any atom is 0.238 e. The second kappa shape index (κ2) is 10.9. The minimum absolute atomic E-state index is 0.0180. The fraction of sp³-hybridized carbons (Fsp3) is 0.417. The fourth-order valence-electron chi connectivity index (χ4n) is 3.77. The van der Waals surface area contributed by atoms with Crippen molar-refractivity contribution in [3.8, 4) is 0 Å². The molecule has 6 nitrogen and oxygen atoms in total. The van der Waals surface area contributed by atoms with Crippen molar-refractivity contribution in [3.05, 3.63) is 63.9 Å². The molecule has 2 aromatic rings. The Morgan fingerprint density at radius 3 is 2.44 bits per heavy atom. The summed E-state index contributed by atoms with van der Waals surface area (Å²) in [5, 5.41) is 3.34. The summed E-state index contributed by atoms with van der Waals surface area (Å²) in [5.41, 5.74) is 3.43. The summed E-state index contributed by atoms with van der Waals surface area (Å²) in [7, 11) is 1.76. The number of nitrogens with zero attached hydrogens (tertiary/aromatic N) is 3. The van der Waals surface area contributed by atoms with Crippen molar-refractivity contribution in [1.29, 1.82) is 0 Å². The molecule has 0 unspecified atom stereocenters. The van der Waals surface area contributed by atoms with Gasteiger partial charge in [0.1, 0.15) is 5.82 Å². The lowest BCUT2D eigenvalue weighted by molar-refractivity contribution is -0.134. The van der Waals surface area contributed by atoms with E-state index in [0.717, 1.165) is 16.8 Å². The zero-order valence-electron chi connectivity index (χ0n) is 18.8. The normalized spacial score (nSPS) is 14.6. The molecule has 1 heterocycles. The minimum Gasteiger partial charge on any atom is -0.339 e. The molecule has 1 aliphatic rings. The number of benzene rings is 2. The first-order chi connectivity index (χ1) is 15.2. The predicted molar refractivity (Wildman–Crippen MR) is 125 cm³/mol. The van der Waals surface area contributed by atoms with Gasteiger partial charge in [0.2, 0.25) is 11.8 Å². The molecule has 0 saturated carbocycles. The number of halogens is 2. The summed E-state index contributed by atoms with van der Waals surface area (Å²) in [6.07, 6.45) is 0. The third-order valence-electron chi connectivity index (χ3n) is 5.87. The zero-order valence-corrected chi connectivity index (χ0v) is 19.6. The average Bonchev–Trinajstić information content (AvgIpc) is 2.74. The Morgan fingerprint density at radius 1 is 1.06 bits per heavy atom. The van der Waals surface area contributed by atoms with Crippen LogP contribution in [0, 0.1) is 19.7 Å². The molecule has 32 heavy (non-hydrogen) atoms. The quantitative estimate of drug-likeness (QED) is 0.688. The molecule has 0 atom stereocenters. The van der Waals surface area contributed by atoms with Crippen LogP contribution in [0.3, 0.4) is 0 Å². The maximum atomic E-state index is 14.0. The molecule has 1 saturated heterocycles. The summed E-state index contributed by atoms with van der Waals surface area (Å²) in [6.45, 7) is 7.11. The number of piperazine rings is 1. The molecule has 2 aromatic carbocycles. The molecule has 1 fully saturated rings. The van der Waals surface area contributed by atoms with E-state index in [1.165, 1.54) is 6.07 Å². The van der Waals surface area contributed by atoms with Crippen LogP contribution in [0.25, 0.3) is 0 Å². The number of rotatable bonds is 7. The van der Waals surface area contributed by atoms with E-state index in [1.807, 2.05) is 32.0 Å². The smallest absolute Gasteiger partial charge is 0.238 e. The van der Waals surface area contributed by atoms with Crippen molar-refractivity contribution in [1.82, 2.24) is 14.7 Å². The van der Waals surface area contributed by atoms with Crippen LogP contribution in [0.1, 0.15) is 16.7 Å². The van der Waals surface area contributed by atoms with Crippen molar-refractivity contribution >= 4 is 29.1 Å². The van der Waals surface area contributed by atoms with E-state index in [1.54, 1.807) is 29.0 Å². The van der Waals surface area contributed by atoms with Crippen LogP contribution in [0.4, 0.5) is 10.1 Å². The summed E-state index contributed by atoms with van der Waals surface area (Å²) < 4.78 is 14.0. The third-order valence-corrected chi connectivity index (χ3v) is 6.22. The zero-order chi connectivity index (χ0) is 23.3. The number of carbonyl (C=O) groups excluding carboxylic acids is 2. The highest BCUT2D eigenvalue weighted by Crippen LogP contribution is 2.21. The molecule has 0 bridgehead atoms. The molecule has 2 amide bonds. The van der Waals surface area contributed by atoms with Gasteiger partial charge in [-0.2, -0.15) is 0 Å². The summed E-state index contributed by atoms with van der Waals surface area (Å²) in [4.78, 5) is 30.7. The van der Waals surface area contributed by atoms with Crippen LogP contribution in [-0.2, 0) is 16.1 Å². The number of aryl methyl sites for hydroxylation is 1. The minimum atomic E-state index is -0.309. The molecule has 0 spiro atoms. The molecule has 172 valence electrons. The van der Waals surface area contributed by atoms with Gasteiger partial charge in [0.05, 0.1) is 13.1 Å². The number of hydrogen-bond donors (Lipinski definition) is 1. The number of nitrogens with one attached hydrogen (secondary N) is 1. The van der Waals surface area contributed by atoms with Crippen LogP contribution >= 0.6 is 11.6 Å². The number of anilines is 1. The molecule has 8 heteroatoms. The first-order valence-corrected chi connectivity index (χ1v) is 11.1. The molecule has 1 N–H and O–H groups in total. The van der Waals surface area contributed by atoms with Gasteiger partial charge in [-0.15, -0.1) is 0 Å². The van der Waals surface area contributed by atoms with Crippen LogP contribution in [0.2, 0.25) is 5.02 Å². The Labute approximate surface area is 193 Å². The van der Waals surface area contributed by atoms with Crippen molar-refractivity contribution in [2.45, 2.75) is 20.4 Å². The van der Waals surface area contributed by atoms with Gasteiger partial charge in [-0.05, 0) is 50.2 Å². The molecule has 0 aromatic heterocycles. The number of likely N-dealkylation sites (N-methyl/N-ethyl adjacent to an activating group) is 1. The van der Waals surface area contributed by atoms with E-state index in [0.29, 0.717) is 43.3 Å². The van der Waals surface area contributed by atoms with E-state index < -0.39 is 0 Å². The van der Waals surface area contributed by atoms with Crippen LogP contribution < -0.4 is 5.32 Å². The predicted octanol–water partition coefficient (Wildman–Crippen LogP) is 3.31. The first kappa shape index (κ1) is 24.2. The molecule has 3 rings (SSSR count). The van der Waals surface area contributed by atoms with Gasteiger partial charge in [-0.1, -0.05) is 29.8 Å². The highest BCUT2D eigenvalue weighted by atomic mass is 35.5. The maximum absolute atomic E-state index is 14.0. The highest BCUT2D eigenvalue weighted by molar-refractivity contribution is 6.31. The number of hydrogen-bond acceptors (Lipinski definition) is 4. The SMILES string of the molecule is Cc1cccc(NC(=O)CN(C)CC(=O)N2CCN(Cc3c(F)cccc3Cl)CC2)c1C. The largest absolute Gasteiger partial charge is 0.339 e. The lowest BCUT2D eigenvalue weighted by Crippen LogP contribution is -2.51. The Bertz CT molecular complexity index is 956. The van der Waals surface area contributed by atoms with Crippen LogP contribution in [0.5, 0.6) is 0 Å². The van der Waals surface area contributed by atoms with Gasteiger partial charge in [-0.25, -0.2) is 4.39 Å².